The molecular weight excluding hydrogens is 426 g/mol. The molecule has 1 N–H and O–H groups in total. The van der Waals surface area contributed by atoms with Crippen LogP contribution in [0.3, 0.4) is 0 Å². The molecule has 8 heteroatoms. The highest BCUT2D eigenvalue weighted by Gasteiger charge is 2.32. The maximum absolute atomic E-state index is 12.0. The number of hydrogen-bond donors (Lipinski definition) is 1. The van der Waals surface area contributed by atoms with Crippen LogP contribution in [0, 0.1) is 6.92 Å². The topological polar surface area (TPSA) is 80.2 Å². The molecule has 32 heavy (non-hydrogen) atoms. The first-order valence-electron chi connectivity index (χ1n) is 10.5. The number of nitrogens with zero attached hydrogens (tertiary/aromatic N) is 2. The van der Waals surface area contributed by atoms with Crippen LogP contribution in [0.2, 0.25) is 0 Å². The van der Waals surface area contributed by atoms with E-state index in [0.717, 1.165) is 16.9 Å². The van der Waals surface area contributed by atoms with Gasteiger partial charge in [0.1, 0.15) is 30.1 Å². The zero-order chi connectivity index (χ0) is 23.3. The van der Waals surface area contributed by atoms with E-state index in [2.05, 4.69) is 42.5 Å². The molecule has 1 heterocycles. The third kappa shape index (κ3) is 6.03. The molecule has 0 spiro atoms. The molecule has 7 nitrogen and oxygen atoms in total. The van der Waals surface area contributed by atoms with Gasteiger partial charge in [0, 0.05) is 13.8 Å². The van der Waals surface area contributed by atoms with Gasteiger partial charge in [-0.15, -0.1) is 5.10 Å². The fourth-order valence-electron chi connectivity index (χ4n) is 3.29. The van der Waals surface area contributed by atoms with Gasteiger partial charge in [0.25, 0.3) is 0 Å². The van der Waals surface area contributed by atoms with Crippen molar-refractivity contribution in [3.05, 3.63) is 59.2 Å². The van der Waals surface area contributed by atoms with E-state index in [9.17, 15) is 9.59 Å². The van der Waals surface area contributed by atoms with Gasteiger partial charge in [0.15, 0.2) is 5.17 Å². The molecule has 170 valence electrons. The first-order valence-corrected chi connectivity index (χ1v) is 11.4. The lowest BCUT2D eigenvalue weighted by Gasteiger charge is -2.20. The quantitative estimate of drug-likeness (QED) is 0.618. The Morgan fingerprint density at radius 3 is 2.56 bits per heavy atom. The summed E-state index contributed by atoms with van der Waals surface area (Å²) in [5.41, 5.74) is 3.19. The summed E-state index contributed by atoms with van der Waals surface area (Å²) >= 11 is 1.31. The summed E-state index contributed by atoms with van der Waals surface area (Å²) < 4.78 is 11.9. The monoisotopic (exact) mass is 455 g/mol. The molecule has 1 aliphatic heterocycles. The summed E-state index contributed by atoms with van der Waals surface area (Å²) in [5, 5.41) is 8.27. The van der Waals surface area contributed by atoms with E-state index in [-0.39, 0.29) is 17.2 Å². The van der Waals surface area contributed by atoms with Crippen LogP contribution in [-0.4, -0.2) is 35.2 Å². The van der Waals surface area contributed by atoms with E-state index in [1.807, 2.05) is 31.2 Å². The summed E-state index contributed by atoms with van der Waals surface area (Å²) in [6.07, 6.45) is 0. The van der Waals surface area contributed by atoms with Crippen LogP contribution in [0.4, 0.5) is 0 Å². The van der Waals surface area contributed by atoms with Crippen LogP contribution >= 0.6 is 11.8 Å². The Bertz CT molecular complexity index is 1020. The van der Waals surface area contributed by atoms with Crippen molar-refractivity contribution in [3.63, 3.8) is 0 Å². The van der Waals surface area contributed by atoms with Crippen LogP contribution in [0.15, 0.2) is 47.6 Å². The number of thioether (sulfide) groups is 1. The molecule has 2 aromatic carbocycles. The second kappa shape index (κ2) is 10.5. The smallest absolute Gasteiger partial charge is 0.241 e. The van der Waals surface area contributed by atoms with E-state index in [0.29, 0.717) is 30.0 Å². The van der Waals surface area contributed by atoms with Crippen molar-refractivity contribution in [2.75, 3.05) is 13.2 Å². The van der Waals surface area contributed by atoms with E-state index >= 15 is 0 Å². The molecule has 3 rings (SSSR count). The second-order valence-corrected chi connectivity index (χ2v) is 8.95. The molecule has 0 aromatic heterocycles. The number of aryl methyl sites for hydroxylation is 1. The van der Waals surface area contributed by atoms with Gasteiger partial charge in [-0.25, -0.2) is 5.01 Å². The third-order valence-electron chi connectivity index (χ3n) is 4.79. The Kier molecular flexibility index (Phi) is 7.80. The Labute approximate surface area is 193 Å². The SMILES string of the molecule is CC(=O)NC1=NN(C(C)=O)[C@H](c2cccc(OCCOc3cc(C)ccc3C(C)C)c2)S1. The van der Waals surface area contributed by atoms with E-state index < -0.39 is 0 Å². The van der Waals surface area contributed by atoms with Crippen molar-refractivity contribution in [3.8, 4) is 11.5 Å². The molecule has 1 atom stereocenters. The Morgan fingerprint density at radius 2 is 1.88 bits per heavy atom. The number of carbonyl (C=O) groups is 2. The van der Waals surface area contributed by atoms with Crippen LogP contribution in [0.5, 0.6) is 11.5 Å². The summed E-state index contributed by atoms with van der Waals surface area (Å²) in [4.78, 5) is 23.4. The third-order valence-corrected chi connectivity index (χ3v) is 5.90. The number of ether oxygens (including phenoxy) is 2. The zero-order valence-electron chi connectivity index (χ0n) is 19.0. The van der Waals surface area contributed by atoms with Gasteiger partial charge in [0.2, 0.25) is 11.8 Å². The number of hydrogen-bond acceptors (Lipinski definition) is 6. The summed E-state index contributed by atoms with van der Waals surface area (Å²) in [5.74, 6) is 1.50. The van der Waals surface area contributed by atoms with Gasteiger partial charge in [-0.05, 0) is 47.7 Å². The molecule has 0 unspecified atom stereocenters. The van der Waals surface area contributed by atoms with Crippen LogP contribution in [0.1, 0.15) is 55.7 Å². The lowest BCUT2D eigenvalue weighted by atomic mass is 10.0. The summed E-state index contributed by atoms with van der Waals surface area (Å²) in [6.45, 7) is 10.00. The van der Waals surface area contributed by atoms with Crippen LogP contribution in [0.25, 0.3) is 0 Å². The Hall–Kier alpha value is -3.00. The largest absolute Gasteiger partial charge is 0.490 e. The molecule has 0 bridgehead atoms. The molecule has 2 amide bonds. The van der Waals surface area contributed by atoms with Crippen molar-refractivity contribution in [2.45, 2.75) is 45.9 Å². The van der Waals surface area contributed by atoms with Crippen molar-refractivity contribution < 1.29 is 19.1 Å². The summed E-state index contributed by atoms with van der Waals surface area (Å²) in [7, 11) is 0. The highest BCUT2D eigenvalue weighted by Crippen LogP contribution is 2.39. The van der Waals surface area contributed by atoms with Gasteiger partial charge >= 0.3 is 0 Å². The standard InChI is InChI=1S/C24H29N3O4S/c1-15(2)21-10-9-16(3)13-22(21)31-12-11-30-20-8-6-7-19(14-20)23-27(18(5)29)26-24(32-23)25-17(4)28/h6-10,13-15,23H,11-12H2,1-5H3,(H,25,26,28)/t23-/m0/s1. The summed E-state index contributed by atoms with van der Waals surface area (Å²) in [6, 6.07) is 13.8. The lowest BCUT2D eigenvalue weighted by Crippen LogP contribution is -2.25. The van der Waals surface area contributed by atoms with Gasteiger partial charge < -0.3 is 14.8 Å². The number of benzene rings is 2. The minimum absolute atomic E-state index is 0.207. The average Bonchev–Trinajstić information content (AvgIpc) is 3.15. The zero-order valence-corrected chi connectivity index (χ0v) is 19.9. The lowest BCUT2D eigenvalue weighted by molar-refractivity contribution is -0.129. The maximum atomic E-state index is 12.0. The molecule has 1 aliphatic rings. The minimum atomic E-state index is -0.366. The molecule has 0 saturated carbocycles. The van der Waals surface area contributed by atoms with Crippen LogP contribution in [-0.2, 0) is 9.59 Å². The van der Waals surface area contributed by atoms with Gasteiger partial charge in [0.05, 0.1) is 0 Å². The van der Waals surface area contributed by atoms with E-state index in [1.165, 1.54) is 36.2 Å². The number of amides is 2. The average molecular weight is 456 g/mol. The molecule has 0 fully saturated rings. The normalized spacial score (nSPS) is 15.5. The van der Waals surface area contributed by atoms with Crippen molar-refractivity contribution >= 4 is 28.7 Å². The second-order valence-electron chi connectivity index (χ2n) is 7.89. The first kappa shape index (κ1) is 23.7. The fourth-order valence-corrected chi connectivity index (χ4v) is 4.42. The van der Waals surface area contributed by atoms with Crippen molar-refractivity contribution in [2.24, 2.45) is 5.10 Å². The number of amidine groups is 1. The highest BCUT2D eigenvalue weighted by atomic mass is 32.2. The Balaban J connectivity index is 1.62. The van der Waals surface area contributed by atoms with Gasteiger partial charge in [-0.2, -0.15) is 0 Å². The van der Waals surface area contributed by atoms with E-state index in [1.54, 1.807) is 0 Å². The van der Waals surface area contributed by atoms with Crippen LogP contribution < -0.4 is 14.8 Å². The number of nitrogens with one attached hydrogen (secondary N) is 1. The number of carbonyl (C=O) groups excluding carboxylic acids is 2. The first-order chi connectivity index (χ1) is 15.2. The van der Waals surface area contributed by atoms with Crippen molar-refractivity contribution in [1.29, 1.82) is 0 Å². The predicted molar refractivity (Wildman–Crippen MR) is 127 cm³/mol. The molecule has 0 saturated heterocycles. The van der Waals surface area contributed by atoms with Crippen molar-refractivity contribution in [1.82, 2.24) is 10.3 Å². The predicted octanol–water partition coefficient (Wildman–Crippen LogP) is 4.58. The fraction of sp³-hybridized carbons (Fsp3) is 0.375. The molecular formula is C24H29N3O4S. The highest BCUT2D eigenvalue weighted by molar-refractivity contribution is 8.14. The van der Waals surface area contributed by atoms with Gasteiger partial charge in [-0.3, -0.25) is 9.59 Å². The maximum Gasteiger partial charge on any atom is 0.241 e. The van der Waals surface area contributed by atoms with E-state index in [4.69, 9.17) is 9.47 Å². The van der Waals surface area contributed by atoms with Gasteiger partial charge in [-0.1, -0.05) is 49.9 Å². The molecule has 2 aromatic rings. The number of rotatable bonds is 7. The molecule has 0 aliphatic carbocycles. The molecule has 0 radical (unpaired) electrons. The minimum Gasteiger partial charge on any atom is -0.490 e. The Morgan fingerprint density at radius 1 is 1.12 bits per heavy atom. The number of hydrazone groups is 1.